The van der Waals surface area contributed by atoms with Gasteiger partial charge in [0, 0.05) is 5.02 Å². The lowest BCUT2D eigenvalue weighted by Gasteiger charge is -2.17. The first kappa shape index (κ1) is 22.9. The van der Waals surface area contributed by atoms with Gasteiger partial charge in [0.2, 0.25) is 0 Å². The molecular formula is C22H29ClN2OS2. The minimum Gasteiger partial charge on any atom is -0.494 e. The van der Waals surface area contributed by atoms with E-state index in [9.17, 15) is 0 Å². The number of nitrogens with one attached hydrogen (secondary N) is 1. The van der Waals surface area contributed by atoms with Crippen LogP contribution in [0.5, 0.6) is 5.75 Å². The molecule has 0 amide bonds. The smallest absolute Gasteiger partial charge is 0.159 e. The topological polar surface area (TPSA) is 28.3 Å². The van der Waals surface area contributed by atoms with Gasteiger partial charge in [0.15, 0.2) is 3.95 Å². The Hall–Kier alpha value is -1.40. The molecule has 0 saturated carbocycles. The molecule has 1 heterocycles. The molecule has 0 aliphatic carbocycles. The average Bonchev–Trinajstić information content (AvgIpc) is 3.07. The quantitative estimate of drug-likeness (QED) is 0.301. The summed E-state index contributed by atoms with van der Waals surface area (Å²) in [5, 5.41) is 0.801. The second kappa shape index (κ2) is 12.2. The summed E-state index contributed by atoms with van der Waals surface area (Å²) in [6.45, 7) is 10.7. The second-order valence-corrected chi connectivity index (χ2v) is 8.71. The Morgan fingerprint density at radius 2 is 1.79 bits per heavy atom. The van der Waals surface area contributed by atoms with Crippen molar-refractivity contribution in [2.24, 2.45) is 0 Å². The Labute approximate surface area is 182 Å². The van der Waals surface area contributed by atoms with Crippen LogP contribution in [0.15, 0.2) is 42.5 Å². The van der Waals surface area contributed by atoms with Crippen LogP contribution in [-0.4, -0.2) is 36.1 Å². The number of thiazole rings is 1. The van der Waals surface area contributed by atoms with Crippen LogP contribution in [0, 0.1) is 10.9 Å². The highest BCUT2D eigenvalue weighted by Gasteiger charge is 2.01. The molecular weight excluding hydrogens is 408 g/mol. The maximum absolute atomic E-state index is 5.81. The SMILES string of the molecule is CCN(CC)CCCCOc1ccc2[nH]c(=S)sc2c1.Cc1ccc(Cl)cc1. The number of aromatic amines is 1. The number of nitrogens with zero attached hydrogens (tertiary/aromatic N) is 1. The number of hydrogen-bond donors (Lipinski definition) is 1. The lowest BCUT2D eigenvalue weighted by atomic mass is 10.2. The highest BCUT2D eigenvalue weighted by molar-refractivity contribution is 7.73. The van der Waals surface area contributed by atoms with Gasteiger partial charge in [-0.3, -0.25) is 0 Å². The number of fused-ring (bicyclic) bond motifs is 1. The first-order valence-corrected chi connectivity index (χ1v) is 11.3. The van der Waals surface area contributed by atoms with Crippen LogP contribution in [0.25, 0.3) is 10.2 Å². The van der Waals surface area contributed by atoms with Crippen molar-refractivity contribution in [1.82, 2.24) is 9.88 Å². The zero-order valence-electron chi connectivity index (χ0n) is 16.8. The summed E-state index contributed by atoms with van der Waals surface area (Å²) in [6, 6.07) is 13.9. The fraction of sp³-hybridized carbons (Fsp3) is 0.409. The van der Waals surface area contributed by atoms with E-state index in [1.54, 1.807) is 11.3 Å². The van der Waals surface area contributed by atoms with E-state index in [1.807, 2.05) is 43.3 Å². The van der Waals surface area contributed by atoms with Crippen molar-refractivity contribution >= 4 is 45.4 Å². The molecule has 3 rings (SSSR count). The molecule has 1 aromatic heterocycles. The number of unbranched alkanes of at least 4 members (excludes halogenated alkanes) is 1. The Morgan fingerprint density at radius 3 is 2.43 bits per heavy atom. The summed E-state index contributed by atoms with van der Waals surface area (Å²) in [6.07, 6.45) is 2.28. The molecule has 2 aromatic carbocycles. The second-order valence-electron chi connectivity index (χ2n) is 6.55. The van der Waals surface area contributed by atoms with Gasteiger partial charge in [0.1, 0.15) is 5.75 Å². The number of aryl methyl sites for hydroxylation is 1. The van der Waals surface area contributed by atoms with Gasteiger partial charge >= 0.3 is 0 Å². The average molecular weight is 437 g/mol. The molecule has 152 valence electrons. The van der Waals surface area contributed by atoms with Crippen LogP contribution in [0.1, 0.15) is 32.3 Å². The normalized spacial score (nSPS) is 10.8. The minimum absolute atomic E-state index is 0.780. The summed E-state index contributed by atoms with van der Waals surface area (Å²) < 4.78 is 7.79. The van der Waals surface area contributed by atoms with Crippen molar-refractivity contribution in [1.29, 1.82) is 0 Å². The molecule has 3 aromatic rings. The van der Waals surface area contributed by atoms with Gasteiger partial charge in [-0.05, 0) is 81.9 Å². The molecule has 3 nitrogen and oxygen atoms in total. The van der Waals surface area contributed by atoms with Gasteiger partial charge in [0.05, 0.1) is 16.8 Å². The Kier molecular flexibility index (Phi) is 9.99. The standard InChI is InChI=1S/C15H22N2OS2.C7H7Cl/c1-3-17(4-2)9-5-6-10-18-12-7-8-13-14(11-12)20-15(19)16-13;1-6-2-4-7(8)5-3-6/h7-8,11H,3-6,9-10H2,1-2H3,(H,16,19);2-5H,1H3. The number of aromatic nitrogens is 1. The highest BCUT2D eigenvalue weighted by Crippen LogP contribution is 2.24. The Balaban J connectivity index is 0.000000292. The third-order valence-electron chi connectivity index (χ3n) is 4.44. The van der Waals surface area contributed by atoms with E-state index in [-0.39, 0.29) is 0 Å². The van der Waals surface area contributed by atoms with Crippen LogP contribution in [0.3, 0.4) is 0 Å². The predicted octanol–water partition coefficient (Wildman–Crippen LogP) is 7.11. The molecule has 0 atom stereocenters. The van der Waals surface area contributed by atoms with Gasteiger partial charge in [-0.25, -0.2) is 0 Å². The van der Waals surface area contributed by atoms with Gasteiger partial charge in [-0.2, -0.15) is 0 Å². The van der Waals surface area contributed by atoms with E-state index in [1.165, 1.54) is 12.0 Å². The maximum Gasteiger partial charge on any atom is 0.159 e. The molecule has 28 heavy (non-hydrogen) atoms. The molecule has 1 N–H and O–H groups in total. The van der Waals surface area contributed by atoms with Gasteiger partial charge in [-0.1, -0.05) is 43.1 Å². The number of ether oxygens (including phenoxy) is 1. The number of rotatable bonds is 8. The maximum atomic E-state index is 5.81. The minimum atomic E-state index is 0.780. The predicted molar refractivity (Wildman–Crippen MR) is 126 cm³/mol. The van der Waals surface area contributed by atoms with Gasteiger partial charge in [0.25, 0.3) is 0 Å². The van der Waals surface area contributed by atoms with E-state index in [0.29, 0.717) is 0 Å². The summed E-state index contributed by atoms with van der Waals surface area (Å²) in [5.74, 6) is 0.936. The molecule has 6 heteroatoms. The van der Waals surface area contributed by atoms with Gasteiger partial charge < -0.3 is 14.6 Å². The van der Waals surface area contributed by atoms with Crippen LogP contribution < -0.4 is 4.74 Å². The van der Waals surface area contributed by atoms with E-state index in [0.717, 1.165) is 57.6 Å². The largest absolute Gasteiger partial charge is 0.494 e. The molecule has 0 aliphatic heterocycles. The third-order valence-corrected chi connectivity index (χ3v) is 5.88. The first-order valence-electron chi connectivity index (χ1n) is 9.72. The van der Waals surface area contributed by atoms with Crippen molar-refractivity contribution in [2.75, 3.05) is 26.2 Å². The van der Waals surface area contributed by atoms with Crippen LogP contribution >= 0.6 is 35.2 Å². The summed E-state index contributed by atoms with van der Waals surface area (Å²) >= 11 is 12.3. The zero-order valence-corrected chi connectivity index (χ0v) is 19.2. The fourth-order valence-corrected chi connectivity index (χ4v) is 3.99. The van der Waals surface area contributed by atoms with E-state index < -0.39 is 0 Å². The molecule has 0 fully saturated rings. The van der Waals surface area contributed by atoms with Crippen molar-refractivity contribution in [3.8, 4) is 5.75 Å². The fourth-order valence-electron chi connectivity index (χ4n) is 2.72. The van der Waals surface area contributed by atoms with Crippen LogP contribution in [0.2, 0.25) is 5.02 Å². The Bertz CT molecular complexity index is 864. The van der Waals surface area contributed by atoms with Gasteiger partial charge in [-0.15, -0.1) is 11.3 Å². The lowest BCUT2D eigenvalue weighted by molar-refractivity contribution is 0.266. The molecule has 0 radical (unpaired) electrons. The molecule has 0 saturated heterocycles. The summed E-state index contributed by atoms with van der Waals surface area (Å²) in [4.78, 5) is 5.60. The number of halogens is 1. The highest BCUT2D eigenvalue weighted by atomic mass is 35.5. The summed E-state index contributed by atoms with van der Waals surface area (Å²) in [7, 11) is 0. The van der Waals surface area contributed by atoms with Crippen molar-refractivity contribution < 1.29 is 4.74 Å². The molecule has 0 bridgehead atoms. The van der Waals surface area contributed by atoms with E-state index in [4.69, 9.17) is 28.6 Å². The number of H-pyrrole nitrogens is 1. The number of hydrogen-bond acceptors (Lipinski definition) is 4. The van der Waals surface area contributed by atoms with Crippen molar-refractivity contribution in [2.45, 2.75) is 33.6 Å². The number of benzene rings is 2. The zero-order chi connectivity index (χ0) is 20.4. The Morgan fingerprint density at radius 1 is 1.07 bits per heavy atom. The van der Waals surface area contributed by atoms with E-state index >= 15 is 0 Å². The van der Waals surface area contributed by atoms with E-state index in [2.05, 4.69) is 29.8 Å². The first-order chi connectivity index (χ1) is 13.5. The van der Waals surface area contributed by atoms with Crippen molar-refractivity contribution in [3.63, 3.8) is 0 Å². The molecule has 0 spiro atoms. The summed E-state index contributed by atoms with van der Waals surface area (Å²) in [5.41, 5.74) is 2.34. The monoisotopic (exact) mass is 436 g/mol. The lowest BCUT2D eigenvalue weighted by Crippen LogP contribution is -2.24. The van der Waals surface area contributed by atoms with Crippen LogP contribution in [-0.2, 0) is 0 Å². The molecule has 0 unspecified atom stereocenters. The van der Waals surface area contributed by atoms with Crippen LogP contribution in [0.4, 0.5) is 0 Å². The third kappa shape index (κ3) is 7.92. The van der Waals surface area contributed by atoms with Crippen molar-refractivity contribution in [3.05, 3.63) is 57.0 Å². The molecule has 0 aliphatic rings.